The molecule has 11 rings (SSSR count). The molecule has 2 N–H and O–H groups in total. The molecule has 4 bridgehead atoms. The number of benzene rings is 1. The highest BCUT2D eigenvalue weighted by molar-refractivity contribution is 6.08. The van der Waals surface area contributed by atoms with Crippen molar-refractivity contribution >= 4 is 45.9 Å². The van der Waals surface area contributed by atoms with E-state index in [0.717, 1.165) is 64.1 Å². The molecule has 1 aliphatic carbocycles. The molecule has 4 aromatic heterocycles. The molecule has 5 saturated heterocycles. The van der Waals surface area contributed by atoms with Crippen molar-refractivity contribution in [3.05, 3.63) is 70.2 Å². The van der Waals surface area contributed by atoms with Gasteiger partial charge >= 0.3 is 5.69 Å². The van der Waals surface area contributed by atoms with Crippen LogP contribution in [0.5, 0.6) is 0 Å². The van der Waals surface area contributed by atoms with Crippen molar-refractivity contribution in [1.29, 1.82) is 0 Å². The van der Waals surface area contributed by atoms with Crippen LogP contribution in [0.2, 0.25) is 0 Å². The first-order chi connectivity index (χ1) is 31.6. The fraction of sp³-hybridized carbons (Fsp3) is 0.533. The number of nitrogens with zero attached hydrogens (tertiary/aromatic N) is 10. The third kappa shape index (κ3) is 7.67. The molecular formula is C45H50F2N12O6. The summed E-state index contributed by atoms with van der Waals surface area (Å²) in [6.45, 7) is 5.74. The molecular weight excluding hydrogens is 843 g/mol. The molecule has 5 atom stereocenters. The standard InChI is InChI=1S/C45H50F2N12O6/c1-53-40-27(4-2-6-35(40)59(45(53)63)36-11-12-38(60)51-44(36)62)5-3-14-55-30-19-54(20-31(55)24-64-23-30)18-26-7-9-28(10-8-26)58-22-34(39(52-58)41(46)47)49-43(61)33-17-48-57-15-13-37(50-42(33)57)56-21-32-16-29(56)25-65-32/h2,4,6,13,15,17,22,26,28-32,36,41H,7-12,14,16,18-21,23-25H2,1H3,(H,49,61)(H,51,60,62)/t26-,28-,29-,30?,31?,32-,36?/m1/s1. The van der Waals surface area contributed by atoms with Gasteiger partial charge in [0.2, 0.25) is 11.8 Å². The first-order valence-electron chi connectivity index (χ1n) is 22.6. The first-order valence-corrected chi connectivity index (χ1v) is 22.6. The summed E-state index contributed by atoms with van der Waals surface area (Å²) in [6.07, 6.45) is 6.80. The first kappa shape index (κ1) is 41.7. The van der Waals surface area contributed by atoms with Crippen molar-refractivity contribution in [3.63, 3.8) is 0 Å². The molecule has 9 heterocycles. The molecule has 18 nitrogen and oxygen atoms in total. The molecule has 3 amide bonds. The van der Waals surface area contributed by atoms with Gasteiger partial charge in [-0.1, -0.05) is 17.9 Å². The summed E-state index contributed by atoms with van der Waals surface area (Å²) in [5, 5.41) is 13.7. The number of piperazine rings is 1. The summed E-state index contributed by atoms with van der Waals surface area (Å²) < 4.78 is 46.6. The minimum absolute atomic E-state index is 0.0144. The summed E-state index contributed by atoms with van der Waals surface area (Å²) in [6, 6.07) is 7.13. The van der Waals surface area contributed by atoms with Crippen LogP contribution in [0.15, 0.2) is 47.7 Å². The SMILES string of the molecule is Cn1c(=O)n(C2CCC(=O)NC2=O)c2cccc(C#CCN3C4COCC3CN(C[C@H]3CC[C@H](n5cc(NC(=O)c6cnn7ccc(N8C[C@H]9C[C@@H]8CO9)nc67)c(C(F)F)n5)CC3)C4)c21. The fourth-order valence-corrected chi connectivity index (χ4v) is 11.1. The number of hydrogen-bond acceptors (Lipinski definition) is 12. The maximum atomic E-state index is 14.4. The molecule has 5 aliphatic heterocycles. The zero-order valence-electron chi connectivity index (χ0n) is 35.9. The van der Waals surface area contributed by atoms with Gasteiger partial charge in [0.25, 0.3) is 12.3 Å². The monoisotopic (exact) mass is 892 g/mol. The van der Waals surface area contributed by atoms with Gasteiger partial charge in [-0.25, -0.2) is 23.1 Å². The average molecular weight is 893 g/mol. The Morgan fingerprint density at radius 2 is 1.82 bits per heavy atom. The molecule has 3 unspecified atom stereocenters. The van der Waals surface area contributed by atoms with Crippen LogP contribution in [-0.2, 0) is 26.1 Å². The summed E-state index contributed by atoms with van der Waals surface area (Å²) in [4.78, 5) is 63.4. The van der Waals surface area contributed by atoms with Gasteiger partial charge in [0.05, 0.1) is 73.0 Å². The number of para-hydroxylation sites is 1. The predicted octanol–water partition coefficient (Wildman–Crippen LogP) is 2.89. The lowest BCUT2D eigenvalue weighted by molar-refractivity contribution is -0.135. The van der Waals surface area contributed by atoms with Crippen LogP contribution in [0.25, 0.3) is 16.7 Å². The number of imidazole rings is 1. The summed E-state index contributed by atoms with van der Waals surface area (Å²) in [5.41, 5.74) is 1.69. The highest BCUT2D eigenvalue weighted by atomic mass is 19.3. The Bertz CT molecular complexity index is 2800. The minimum Gasteiger partial charge on any atom is -0.378 e. The van der Waals surface area contributed by atoms with Gasteiger partial charge in [-0.15, -0.1) is 0 Å². The number of morpholine rings is 2. The van der Waals surface area contributed by atoms with Crippen molar-refractivity contribution in [1.82, 2.24) is 48.6 Å². The number of carbonyl (C=O) groups excluding carboxylic acids is 3. The number of rotatable bonds is 9. The number of nitrogens with one attached hydrogen (secondary N) is 2. The van der Waals surface area contributed by atoms with Crippen molar-refractivity contribution in [2.75, 3.05) is 62.8 Å². The lowest BCUT2D eigenvalue weighted by Crippen LogP contribution is -2.64. The highest BCUT2D eigenvalue weighted by Crippen LogP contribution is 2.37. The third-order valence-corrected chi connectivity index (χ3v) is 14.3. The number of ether oxygens (including phenoxy) is 2. The van der Waals surface area contributed by atoms with Crippen LogP contribution in [0.1, 0.15) is 85.1 Å². The van der Waals surface area contributed by atoms with E-state index in [1.54, 1.807) is 17.9 Å². The molecule has 6 fully saturated rings. The molecule has 5 aromatic rings. The third-order valence-electron chi connectivity index (χ3n) is 14.3. The Morgan fingerprint density at radius 1 is 1.00 bits per heavy atom. The molecule has 340 valence electrons. The van der Waals surface area contributed by atoms with Crippen LogP contribution < -0.4 is 21.2 Å². The molecule has 1 saturated carbocycles. The van der Waals surface area contributed by atoms with Crippen molar-refractivity contribution in [2.24, 2.45) is 13.0 Å². The van der Waals surface area contributed by atoms with Gasteiger partial charge in [-0.2, -0.15) is 10.2 Å². The van der Waals surface area contributed by atoms with Crippen LogP contribution >= 0.6 is 0 Å². The quantitative estimate of drug-likeness (QED) is 0.164. The van der Waals surface area contributed by atoms with E-state index in [1.165, 1.54) is 26.0 Å². The van der Waals surface area contributed by atoms with Gasteiger partial charge in [0.1, 0.15) is 17.4 Å². The number of anilines is 2. The molecule has 0 radical (unpaired) electrons. The normalized spacial score (nSPS) is 27.1. The Kier molecular flexibility index (Phi) is 10.8. The number of carbonyl (C=O) groups is 3. The van der Waals surface area contributed by atoms with Crippen molar-refractivity contribution < 1.29 is 32.6 Å². The number of piperidine rings is 1. The van der Waals surface area contributed by atoms with Crippen molar-refractivity contribution in [3.8, 4) is 11.8 Å². The zero-order chi connectivity index (χ0) is 44.5. The highest BCUT2D eigenvalue weighted by Gasteiger charge is 2.41. The Balaban J connectivity index is 0.708. The lowest BCUT2D eigenvalue weighted by Gasteiger charge is -2.50. The summed E-state index contributed by atoms with van der Waals surface area (Å²) in [7, 11) is 1.68. The van der Waals surface area contributed by atoms with E-state index < -0.39 is 30.0 Å². The second-order valence-electron chi connectivity index (χ2n) is 18.3. The molecule has 6 aliphatic rings. The topological polar surface area (TPSA) is 178 Å². The number of alkyl halides is 2. The Morgan fingerprint density at radius 3 is 2.55 bits per heavy atom. The number of hydrogen-bond donors (Lipinski definition) is 2. The van der Waals surface area contributed by atoms with Gasteiger partial charge in [0.15, 0.2) is 11.3 Å². The largest absolute Gasteiger partial charge is 0.378 e. The molecule has 65 heavy (non-hydrogen) atoms. The maximum absolute atomic E-state index is 14.4. The smallest absolute Gasteiger partial charge is 0.329 e. The van der Waals surface area contributed by atoms with Crippen LogP contribution in [0.4, 0.5) is 20.3 Å². The van der Waals surface area contributed by atoms with E-state index >= 15 is 0 Å². The molecule has 0 spiro atoms. The van der Waals surface area contributed by atoms with Gasteiger partial charge < -0.3 is 19.7 Å². The Labute approximate surface area is 371 Å². The van der Waals surface area contributed by atoms with Crippen LogP contribution in [0.3, 0.4) is 0 Å². The number of imide groups is 1. The maximum Gasteiger partial charge on any atom is 0.329 e. The van der Waals surface area contributed by atoms with Crippen LogP contribution in [0, 0.1) is 17.8 Å². The summed E-state index contributed by atoms with van der Waals surface area (Å²) in [5.74, 6) is 6.48. The molecule has 20 heteroatoms. The van der Waals surface area contributed by atoms with Gasteiger partial charge in [-0.05, 0) is 62.6 Å². The van der Waals surface area contributed by atoms with E-state index in [1.807, 2.05) is 24.3 Å². The predicted molar refractivity (Wildman–Crippen MR) is 232 cm³/mol. The number of halogens is 2. The second-order valence-corrected chi connectivity index (χ2v) is 18.3. The van der Waals surface area contributed by atoms with Crippen molar-refractivity contribution in [2.45, 2.75) is 87.7 Å². The minimum atomic E-state index is -2.87. The van der Waals surface area contributed by atoms with E-state index in [-0.39, 0.29) is 66.0 Å². The Hall–Kier alpha value is -6.01. The molecule has 1 aromatic carbocycles. The number of amides is 3. The van der Waals surface area contributed by atoms with Crippen LogP contribution in [-0.4, -0.2) is 138 Å². The van der Waals surface area contributed by atoms with E-state index in [0.29, 0.717) is 54.5 Å². The summed E-state index contributed by atoms with van der Waals surface area (Å²) >= 11 is 0. The van der Waals surface area contributed by atoms with E-state index in [2.05, 4.69) is 47.4 Å². The second kappa shape index (κ2) is 16.8. The lowest BCUT2D eigenvalue weighted by atomic mass is 9.85. The number of aryl methyl sites for hydroxylation is 1. The van der Waals surface area contributed by atoms with Gasteiger partial charge in [-0.3, -0.25) is 43.3 Å². The average Bonchev–Trinajstić information content (AvgIpc) is 4.14. The fourth-order valence-electron chi connectivity index (χ4n) is 11.1. The number of fused-ring (bicyclic) bond motifs is 6. The van der Waals surface area contributed by atoms with E-state index in [4.69, 9.17) is 14.5 Å². The number of aromatic nitrogens is 7. The van der Waals surface area contributed by atoms with E-state index in [9.17, 15) is 28.0 Å². The van der Waals surface area contributed by atoms with Gasteiger partial charge in [0, 0.05) is 64.1 Å². The zero-order valence-corrected chi connectivity index (χ0v) is 35.9.